The first kappa shape index (κ1) is 14.5. The minimum atomic E-state index is 0.123. The predicted molar refractivity (Wildman–Crippen MR) is 63.3 cm³/mol. The van der Waals surface area contributed by atoms with Gasteiger partial charge in [-0.1, -0.05) is 30.9 Å². The molecule has 0 rings (SSSR count). The standard InChI is InChI=1S/C3H7NOS.C3H7NS2/c1-2-5-3(4)6;1-2-6-3(4)5/h2H2,1H3,(H2,4,6);2H2,1H3,(H2,4,5). The van der Waals surface area contributed by atoms with E-state index in [1.165, 1.54) is 11.8 Å². The number of rotatable bonds is 2. The molecule has 0 bridgehead atoms. The molecule has 0 aliphatic carbocycles. The van der Waals surface area contributed by atoms with Crippen LogP contribution in [0.15, 0.2) is 0 Å². The summed E-state index contributed by atoms with van der Waals surface area (Å²) in [5.74, 6) is 0.981. The summed E-state index contributed by atoms with van der Waals surface area (Å²) in [4.78, 5) is 0. The van der Waals surface area contributed by atoms with Crippen molar-refractivity contribution in [3.63, 3.8) is 0 Å². The van der Waals surface area contributed by atoms with Crippen molar-refractivity contribution in [1.29, 1.82) is 0 Å². The second kappa shape index (κ2) is 10.9. The second-order valence-electron chi connectivity index (χ2n) is 1.50. The van der Waals surface area contributed by atoms with E-state index < -0.39 is 0 Å². The molecule has 0 radical (unpaired) electrons. The molecule has 0 atom stereocenters. The highest BCUT2D eigenvalue weighted by Crippen LogP contribution is 1.95. The van der Waals surface area contributed by atoms with Crippen molar-refractivity contribution in [2.75, 3.05) is 12.4 Å². The Kier molecular flexibility index (Phi) is 13.2. The Hall–Kier alpha value is -0.0700. The van der Waals surface area contributed by atoms with Gasteiger partial charge in [-0.15, -0.1) is 0 Å². The lowest BCUT2D eigenvalue weighted by Gasteiger charge is -1.93. The molecule has 4 N–H and O–H groups in total. The van der Waals surface area contributed by atoms with Gasteiger partial charge in [-0.25, -0.2) is 0 Å². The zero-order valence-corrected chi connectivity index (χ0v) is 9.65. The van der Waals surface area contributed by atoms with Gasteiger partial charge < -0.3 is 16.2 Å². The highest BCUT2D eigenvalue weighted by atomic mass is 32.2. The predicted octanol–water partition coefficient (Wildman–Crippen LogP) is 1.25. The van der Waals surface area contributed by atoms with Crippen LogP contribution in [0.1, 0.15) is 13.8 Å². The molecule has 3 nitrogen and oxygen atoms in total. The summed E-state index contributed by atoms with van der Waals surface area (Å²) in [7, 11) is 0. The number of thiocarbonyl (C=S) groups is 2. The van der Waals surface area contributed by atoms with E-state index in [9.17, 15) is 0 Å². The maximum Gasteiger partial charge on any atom is 0.253 e. The van der Waals surface area contributed by atoms with Crippen molar-refractivity contribution < 1.29 is 4.74 Å². The van der Waals surface area contributed by atoms with Crippen LogP contribution in [0, 0.1) is 0 Å². The Bertz CT molecular complexity index is 125. The van der Waals surface area contributed by atoms with Gasteiger partial charge >= 0.3 is 0 Å². The van der Waals surface area contributed by atoms with Crippen LogP contribution in [-0.4, -0.2) is 21.9 Å². The molecule has 6 heteroatoms. The lowest BCUT2D eigenvalue weighted by Crippen LogP contribution is -2.11. The van der Waals surface area contributed by atoms with Crippen LogP contribution in [0.3, 0.4) is 0 Å². The van der Waals surface area contributed by atoms with Crippen LogP contribution in [0.5, 0.6) is 0 Å². The number of ether oxygens (including phenoxy) is 1. The molecule has 0 spiro atoms. The maximum absolute atomic E-state index is 5.10. The largest absolute Gasteiger partial charge is 0.472 e. The van der Waals surface area contributed by atoms with E-state index in [2.05, 4.69) is 29.2 Å². The first-order chi connectivity index (χ1) is 5.54. The van der Waals surface area contributed by atoms with Crippen molar-refractivity contribution in [2.24, 2.45) is 11.5 Å². The van der Waals surface area contributed by atoms with Crippen molar-refractivity contribution in [3.05, 3.63) is 0 Å². The Labute approximate surface area is 88.2 Å². The average Bonchev–Trinajstić information content (AvgIpc) is 1.87. The van der Waals surface area contributed by atoms with E-state index in [1.807, 2.05) is 13.8 Å². The van der Waals surface area contributed by atoms with Gasteiger partial charge in [0.15, 0.2) is 0 Å². The van der Waals surface area contributed by atoms with E-state index >= 15 is 0 Å². The van der Waals surface area contributed by atoms with Gasteiger partial charge in [0.25, 0.3) is 5.17 Å². The van der Waals surface area contributed by atoms with E-state index in [0.29, 0.717) is 10.9 Å². The molecule has 0 aromatic carbocycles. The second-order valence-corrected chi connectivity index (χ2v) is 3.91. The highest BCUT2D eigenvalue weighted by molar-refractivity contribution is 8.22. The molecule has 0 heterocycles. The van der Waals surface area contributed by atoms with Crippen molar-refractivity contribution in [3.8, 4) is 0 Å². The highest BCUT2D eigenvalue weighted by Gasteiger charge is 1.79. The van der Waals surface area contributed by atoms with E-state index in [4.69, 9.17) is 11.5 Å². The minimum absolute atomic E-state index is 0.123. The van der Waals surface area contributed by atoms with Crippen molar-refractivity contribution in [1.82, 2.24) is 0 Å². The average molecular weight is 226 g/mol. The molecule has 0 aromatic heterocycles. The summed E-state index contributed by atoms with van der Waals surface area (Å²) in [6.07, 6.45) is 0. The minimum Gasteiger partial charge on any atom is -0.472 e. The van der Waals surface area contributed by atoms with Crippen LogP contribution in [0.25, 0.3) is 0 Å². The quantitative estimate of drug-likeness (QED) is 0.691. The van der Waals surface area contributed by atoms with Crippen LogP contribution in [0.4, 0.5) is 0 Å². The van der Waals surface area contributed by atoms with Crippen LogP contribution >= 0.6 is 36.2 Å². The van der Waals surface area contributed by atoms with Gasteiger partial charge in [0.05, 0.1) is 6.61 Å². The summed E-state index contributed by atoms with van der Waals surface area (Å²) in [6.45, 7) is 4.42. The fraction of sp³-hybridized carbons (Fsp3) is 0.667. The molecular weight excluding hydrogens is 212 g/mol. The zero-order valence-electron chi connectivity index (χ0n) is 7.20. The molecular formula is C6H14N2OS3. The summed E-state index contributed by atoms with van der Waals surface area (Å²) in [5.41, 5.74) is 10.0. The Morgan fingerprint density at radius 3 is 1.83 bits per heavy atom. The summed E-state index contributed by atoms with van der Waals surface area (Å²) in [5, 5.41) is 0.123. The van der Waals surface area contributed by atoms with Crippen molar-refractivity contribution in [2.45, 2.75) is 13.8 Å². The summed E-state index contributed by atoms with van der Waals surface area (Å²) >= 11 is 10.4. The molecule has 0 unspecified atom stereocenters. The van der Waals surface area contributed by atoms with E-state index in [0.717, 1.165) is 5.75 Å². The Balaban J connectivity index is 0. The van der Waals surface area contributed by atoms with E-state index in [-0.39, 0.29) is 5.17 Å². The van der Waals surface area contributed by atoms with Gasteiger partial charge in [-0.05, 0) is 24.9 Å². The SMILES string of the molecule is CCOC(N)=S.CCSC(N)=S. The molecule has 12 heavy (non-hydrogen) atoms. The third kappa shape index (κ3) is 22.5. The van der Waals surface area contributed by atoms with Gasteiger partial charge in [-0.2, -0.15) is 0 Å². The van der Waals surface area contributed by atoms with Gasteiger partial charge in [0, 0.05) is 0 Å². The smallest absolute Gasteiger partial charge is 0.253 e. The third-order valence-corrected chi connectivity index (χ3v) is 1.62. The van der Waals surface area contributed by atoms with Gasteiger partial charge in [0.2, 0.25) is 0 Å². The molecule has 0 aliphatic heterocycles. The molecule has 0 saturated carbocycles. The van der Waals surface area contributed by atoms with Gasteiger partial charge in [0.1, 0.15) is 4.32 Å². The van der Waals surface area contributed by atoms with Crippen LogP contribution in [0.2, 0.25) is 0 Å². The number of hydrogen-bond acceptors (Lipinski definition) is 4. The molecule has 72 valence electrons. The van der Waals surface area contributed by atoms with Crippen LogP contribution < -0.4 is 11.5 Å². The Morgan fingerprint density at radius 2 is 1.83 bits per heavy atom. The molecule has 0 amide bonds. The molecule has 0 fully saturated rings. The van der Waals surface area contributed by atoms with Gasteiger partial charge in [-0.3, -0.25) is 0 Å². The first-order valence-electron chi connectivity index (χ1n) is 3.39. The maximum atomic E-state index is 5.10. The monoisotopic (exact) mass is 226 g/mol. The normalized spacial score (nSPS) is 7.83. The molecule has 0 aliphatic rings. The molecule has 0 aromatic rings. The zero-order chi connectivity index (χ0) is 9.98. The number of thioether (sulfide) groups is 1. The summed E-state index contributed by atoms with van der Waals surface area (Å²) in [6, 6.07) is 0. The summed E-state index contributed by atoms with van der Waals surface area (Å²) < 4.78 is 5.09. The lowest BCUT2D eigenvalue weighted by atomic mass is 10.9. The first-order valence-corrected chi connectivity index (χ1v) is 5.19. The van der Waals surface area contributed by atoms with E-state index in [1.54, 1.807) is 0 Å². The fourth-order valence-electron chi connectivity index (χ4n) is 0.285. The molecule has 0 saturated heterocycles. The lowest BCUT2D eigenvalue weighted by molar-refractivity contribution is 0.331. The van der Waals surface area contributed by atoms with Crippen molar-refractivity contribution >= 4 is 45.7 Å². The van der Waals surface area contributed by atoms with Crippen LogP contribution in [-0.2, 0) is 4.74 Å². The Morgan fingerprint density at radius 1 is 1.33 bits per heavy atom. The number of hydrogen-bond donors (Lipinski definition) is 2. The topological polar surface area (TPSA) is 61.3 Å². The fourth-order valence-corrected chi connectivity index (χ4v) is 1.04. The third-order valence-electron chi connectivity index (χ3n) is 0.573. The number of nitrogens with two attached hydrogens (primary N) is 2.